The van der Waals surface area contributed by atoms with Crippen LogP contribution in [0.3, 0.4) is 0 Å². The molecular weight excluding hydrogens is 380 g/mol. The summed E-state index contributed by atoms with van der Waals surface area (Å²) in [6.07, 6.45) is 0.175. The van der Waals surface area contributed by atoms with Gasteiger partial charge in [0.15, 0.2) is 0 Å². The second kappa shape index (κ2) is 7.83. The molecule has 0 aliphatic carbocycles. The van der Waals surface area contributed by atoms with Crippen molar-refractivity contribution in [3.8, 4) is 17.2 Å². The van der Waals surface area contributed by atoms with Crippen molar-refractivity contribution in [1.82, 2.24) is 0 Å². The maximum absolute atomic E-state index is 12.6. The van der Waals surface area contributed by atoms with E-state index in [1.54, 1.807) is 18.2 Å². The molecular formula is C21H17ClN2O2S. The van der Waals surface area contributed by atoms with E-state index >= 15 is 0 Å². The van der Waals surface area contributed by atoms with Crippen LogP contribution in [0.25, 0.3) is 11.1 Å². The van der Waals surface area contributed by atoms with Crippen LogP contribution < -0.4 is 4.72 Å². The number of sulfonamides is 1. The number of halogens is 1. The van der Waals surface area contributed by atoms with Gasteiger partial charge in [0.2, 0.25) is 0 Å². The Morgan fingerprint density at radius 2 is 1.74 bits per heavy atom. The number of rotatable bonds is 5. The summed E-state index contributed by atoms with van der Waals surface area (Å²) in [5, 5.41) is 8.82. The predicted octanol–water partition coefficient (Wildman–Crippen LogP) is 5.18. The second-order valence-electron chi connectivity index (χ2n) is 6.15. The highest BCUT2D eigenvalue weighted by atomic mass is 35.5. The highest BCUT2D eigenvalue weighted by Crippen LogP contribution is 2.27. The molecule has 6 heteroatoms. The average Bonchev–Trinajstić information content (AvgIpc) is 2.62. The summed E-state index contributed by atoms with van der Waals surface area (Å²) >= 11 is 6.11. The van der Waals surface area contributed by atoms with Gasteiger partial charge in [0.05, 0.1) is 17.5 Å². The molecule has 0 spiro atoms. The molecule has 0 unspecified atom stereocenters. The first-order valence-electron chi connectivity index (χ1n) is 8.24. The SMILES string of the molecule is Cc1cccc(-c2ccc(NS(=O)(=O)c3ccc(CC#N)cc3Cl)cc2)c1. The van der Waals surface area contributed by atoms with Crippen molar-refractivity contribution >= 4 is 27.3 Å². The predicted molar refractivity (Wildman–Crippen MR) is 108 cm³/mol. The lowest BCUT2D eigenvalue weighted by molar-refractivity contribution is 0.601. The van der Waals surface area contributed by atoms with Crippen molar-refractivity contribution in [1.29, 1.82) is 5.26 Å². The van der Waals surface area contributed by atoms with Gasteiger partial charge in [-0.3, -0.25) is 4.72 Å². The fraction of sp³-hybridized carbons (Fsp3) is 0.0952. The lowest BCUT2D eigenvalue weighted by Gasteiger charge is -2.11. The van der Waals surface area contributed by atoms with Gasteiger partial charge in [-0.2, -0.15) is 5.26 Å². The zero-order valence-corrected chi connectivity index (χ0v) is 16.2. The molecule has 3 aromatic rings. The molecule has 0 aliphatic rings. The fourth-order valence-corrected chi connectivity index (χ4v) is 4.36. The summed E-state index contributed by atoms with van der Waals surface area (Å²) in [6.45, 7) is 2.03. The lowest BCUT2D eigenvalue weighted by atomic mass is 10.0. The number of anilines is 1. The Balaban J connectivity index is 1.83. The first-order valence-corrected chi connectivity index (χ1v) is 10.1. The molecule has 0 amide bonds. The standard InChI is InChI=1S/C21H17ClN2O2S/c1-15-3-2-4-18(13-15)17-6-8-19(9-7-17)24-27(25,26)21-10-5-16(11-12-23)14-20(21)22/h2-10,13-14,24H,11H2,1H3. The summed E-state index contributed by atoms with van der Waals surface area (Å²) < 4.78 is 27.8. The molecule has 0 radical (unpaired) electrons. The lowest BCUT2D eigenvalue weighted by Crippen LogP contribution is -2.13. The molecule has 0 aliphatic heterocycles. The van der Waals surface area contributed by atoms with Crippen LogP contribution in [-0.4, -0.2) is 8.42 Å². The molecule has 0 atom stereocenters. The minimum Gasteiger partial charge on any atom is -0.280 e. The Morgan fingerprint density at radius 3 is 2.37 bits per heavy atom. The number of nitrogens with zero attached hydrogens (tertiary/aromatic N) is 1. The molecule has 3 rings (SSSR count). The highest BCUT2D eigenvalue weighted by Gasteiger charge is 2.18. The zero-order chi connectivity index (χ0) is 19.4. The smallest absolute Gasteiger partial charge is 0.263 e. The van der Waals surface area contributed by atoms with Crippen LogP contribution in [0.5, 0.6) is 0 Å². The highest BCUT2D eigenvalue weighted by molar-refractivity contribution is 7.92. The molecule has 0 saturated carbocycles. The van der Waals surface area contributed by atoms with Gasteiger partial charge >= 0.3 is 0 Å². The summed E-state index contributed by atoms with van der Waals surface area (Å²) in [4.78, 5) is -0.0198. The van der Waals surface area contributed by atoms with E-state index in [0.29, 0.717) is 11.3 Å². The Bertz CT molecular complexity index is 1120. The van der Waals surface area contributed by atoms with E-state index in [1.807, 2.05) is 43.3 Å². The molecule has 0 bridgehead atoms. The molecule has 136 valence electrons. The Hall–Kier alpha value is -2.81. The molecule has 3 aromatic carbocycles. The van der Waals surface area contributed by atoms with Gasteiger partial charge < -0.3 is 0 Å². The van der Waals surface area contributed by atoms with Crippen molar-refractivity contribution in [2.45, 2.75) is 18.2 Å². The minimum atomic E-state index is -3.82. The third-order valence-corrected chi connectivity index (χ3v) is 5.92. The number of nitriles is 1. The van der Waals surface area contributed by atoms with E-state index in [0.717, 1.165) is 16.7 Å². The molecule has 4 nitrogen and oxygen atoms in total. The van der Waals surface area contributed by atoms with Gasteiger partial charge in [-0.25, -0.2) is 8.42 Å². The minimum absolute atomic E-state index is 0.0198. The Morgan fingerprint density at radius 1 is 1.00 bits per heavy atom. The van der Waals surface area contributed by atoms with E-state index < -0.39 is 10.0 Å². The van der Waals surface area contributed by atoms with Crippen LogP contribution in [0.15, 0.2) is 71.6 Å². The van der Waals surface area contributed by atoms with E-state index in [4.69, 9.17) is 16.9 Å². The van der Waals surface area contributed by atoms with Crippen molar-refractivity contribution < 1.29 is 8.42 Å². The van der Waals surface area contributed by atoms with Crippen molar-refractivity contribution in [3.63, 3.8) is 0 Å². The van der Waals surface area contributed by atoms with Gasteiger partial charge in [-0.05, 0) is 47.9 Å². The van der Waals surface area contributed by atoms with Crippen LogP contribution in [0.2, 0.25) is 5.02 Å². The molecule has 0 aromatic heterocycles. The van der Waals surface area contributed by atoms with Crippen LogP contribution in [0.4, 0.5) is 5.69 Å². The third kappa shape index (κ3) is 4.48. The summed E-state index contributed by atoms with van der Waals surface area (Å²) in [7, 11) is -3.82. The number of hydrogen-bond acceptors (Lipinski definition) is 3. The first kappa shape index (κ1) is 19.0. The summed E-state index contributed by atoms with van der Waals surface area (Å²) in [6, 6.07) is 21.8. The molecule has 0 saturated heterocycles. The summed E-state index contributed by atoms with van der Waals surface area (Å²) in [5.41, 5.74) is 4.35. The fourth-order valence-electron chi connectivity index (χ4n) is 2.73. The maximum atomic E-state index is 12.6. The number of benzene rings is 3. The van der Waals surface area contributed by atoms with E-state index in [1.165, 1.54) is 12.1 Å². The normalized spacial score (nSPS) is 11.0. The Labute approximate surface area is 164 Å². The Kier molecular flexibility index (Phi) is 5.50. The number of nitrogens with one attached hydrogen (secondary N) is 1. The van der Waals surface area contributed by atoms with Crippen LogP contribution in [0, 0.1) is 18.3 Å². The van der Waals surface area contributed by atoms with Crippen molar-refractivity contribution in [2.24, 2.45) is 0 Å². The van der Waals surface area contributed by atoms with Gasteiger partial charge in [-0.1, -0.05) is 59.6 Å². The third-order valence-electron chi connectivity index (χ3n) is 4.06. The van der Waals surface area contributed by atoms with Gasteiger partial charge in [0.25, 0.3) is 10.0 Å². The molecule has 0 fully saturated rings. The van der Waals surface area contributed by atoms with Crippen LogP contribution in [-0.2, 0) is 16.4 Å². The average molecular weight is 397 g/mol. The molecule has 0 heterocycles. The van der Waals surface area contributed by atoms with Gasteiger partial charge in [0.1, 0.15) is 4.90 Å². The van der Waals surface area contributed by atoms with E-state index in [9.17, 15) is 8.42 Å². The number of hydrogen-bond donors (Lipinski definition) is 1. The molecule has 27 heavy (non-hydrogen) atoms. The van der Waals surface area contributed by atoms with E-state index in [-0.39, 0.29) is 16.3 Å². The van der Waals surface area contributed by atoms with Crippen molar-refractivity contribution in [3.05, 3.63) is 82.9 Å². The first-order chi connectivity index (χ1) is 12.9. The maximum Gasteiger partial charge on any atom is 0.263 e. The number of aryl methyl sites for hydroxylation is 1. The zero-order valence-electron chi connectivity index (χ0n) is 14.6. The van der Waals surface area contributed by atoms with Crippen LogP contribution >= 0.6 is 11.6 Å². The monoisotopic (exact) mass is 396 g/mol. The van der Waals surface area contributed by atoms with Crippen molar-refractivity contribution in [2.75, 3.05) is 4.72 Å². The van der Waals surface area contributed by atoms with Crippen LogP contribution in [0.1, 0.15) is 11.1 Å². The van der Waals surface area contributed by atoms with E-state index in [2.05, 4.69) is 10.8 Å². The van der Waals surface area contributed by atoms with Gasteiger partial charge in [0, 0.05) is 5.69 Å². The topological polar surface area (TPSA) is 70.0 Å². The largest absolute Gasteiger partial charge is 0.280 e. The van der Waals surface area contributed by atoms with Gasteiger partial charge in [-0.15, -0.1) is 0 Å². The second-order valence-corrected chi connectivity index (χ2v) is 8.21. The quantitative estimate of drug-likeness (QED) is 0.645. The summed E-state index contributed by atoms with van der Waals surface area (Å²) in [5.74, 6) is 0. The molecule has 1 N–H and O–H groups in total.